The summed E-state index contributed by atoms with van der Waals surface area (Å²) in [5.41, 5.74) is 0.893. The van der Waals surface area contributed by atoms with E-state index < -0.39 is 12.2 Å². The Morgan fingerprint density at radius 2 is 1.96 bits per heavy atom. The molecule has 0 aliphatic heterocycles. The van der Waals surface area contributed by atoms with Gasteiger partial charge in [-0.25, -0.2) is 4.79 Å². The van der Waals surface area contributed by atoms with Crippen molar-refractivity contribution in [3.63, 3.8) is 0 Å². The minimum atomic E-state index is -0.548. The molecule has 1 fully saturated rings. The van der Waals surface area contributed by atoms with Crippen LogP contribution in [0.15, 0.2) is 30.3 Å². The Hall–Kier alpha value is -2.08. The average molecular weight is 320 g/mol. The molecule has 0 aromatic heterocycles. The maximum Gasteiger partial charge on any atom is 0.410 e. The van der Waals surface area contributed by atoms with E-state index in [1.54, 1.807) is 0 Å². The Morgan fingerprint density at radius 1 is 1.26 bits per heavy atom. The third-order valence-corrected chi connectivity index (χ3v) is 3.97. The third kappa shape index (κ3) is 5.56. The lowest BCUT2D eigenvalue weighted by Gasteiger charge is -2.29. The number of ether oxygens (including phenoxy) is 1. The number of aliphatic hydroxyl groups excluding tert-OH is 1. The molecule has 0 bridgehead atoms. The van der Waals surface area contributed by atoms with Crippen LogP contribution < -0.4 is 5.32 Å². The van der Waals surface area contributed by atoms with Crippen LogP contribution >= 0.6 is 0 Å². The summed E-state index contributed by atoms with van der Waals surface area (Å²) >= 11 is 0. The number of nitrogens with zero attached hydrogens (tertiary/aromatic N) is 1. The second-order valence-electron chi connectivity index (χ2n) is 5.92. The van der Waals surface area contributed by atoms with E-state index in [2.05, 4.69) is 5.32 Å². The molecule has 6 nitrogen and oxygen atoms in total. The molecule has 6 heteroatoms. The Morgan fingerprint density at radius 3 is 2.65 bits per heavy atom. The number of hydrogen-bond donors (Lipinski definition) is 2. The number of benzene rings is 1. The number of hydrogen-bond acceptors (Lipinski definition) is 4. The van der Waals surface area contributed by atoms with Gasteiger partial charge in [0, 0.05) is 7.05 Å². The highest BCUT2D eigenvalue weighted by molar-refractivity contribution is 5.82. The van der Waals surface area contributed by atoms with E-state index in [1.807, 2.05) is 30.3 Å². The second-order valence-corrected chi connectivity index (χ2v) is 5.92. The number of carbonyl (C=O) groups is 2. The second kappa shape index (κ2) is 8.53. The lowest BCUT2D eigenvalue weighted by molar-refractivity contribution is -0.123. The normalized spacial score (nSPS) is 20.6. The third-order valence-electron chi connectivity index (χ3n) is 3.97. The van der Waals surface area contributed by atoms with Gasteiger partial charge in [-0.1, -0.05) is 43.2 Å². The van der Waals surface area contributed by atoms with Crippen LogP contribution in [0.25, 0.3) is 0 Å². The zero-order valence-electron chi connectivity index (χ0n) is 13.4. The van der Waals surface area contributed by atoms with Crippen LogP contribution in [0.3, 0.4) is 0 Å². The smallest absolute Gasteiger partial charge is 0.410 e. The van der Waals surface area contributed by atoms with Crippen molar-refractivity contribution in [2.75, 3.05) is 13.6 Å². The first-order valence-electron chi connectivity index (χ1n) is 7.95. The van der Waals surface area contributed by atoms with Crippen molar-refractivity contribution in [1.29, 1.82) is 0 Å². The number of carbonyl (C=O) groups excluding carboxylic acids is 2. The molecule has 23 heavy (non-hydrogen) atoms. The monoisotopic (exact) mass is 320 g/mol. The van der Waals surface area contributed by atoms with Crippen molar-refractivity contribution in [1.82, 2.24) is 10.2 Å². The molecule has 2 N–H and O–H groups in total. The molecule has 0 saturated heterocycles. The molecule has 126 valence electrons. The van der Waals surface area contributed by atoms with Crippen LogP contribution in [0.4, 0.5) is 4.79 Å². The van der Waals surface area contributed by atoms with Crippen molar-refractivity contribution in [2.24, 2.45) is 0 Å². The van der Waals surface area contributed by atoms with E-state index in [0.29, 0.717) is 6.42 Å². The molecule has 1 aromatic rings. The van der Waals surface area contributed by atoms with Crippen LogP contribution in [-0.2, 0) is 16.1 Å². The van der Waals surface area contributed by atoms with Crippen LogP contribution in [0, 0.1) is 0 Å². The average Bonchev–Trinajstić information content (AvgIpc) is 2.55. The molecule has 2 atom stereocenters. The fraction of sp³-hybridized carbons (Fsp3) is 0.529. The van der Waals surface area contributed by atoms with E-state index >= 15 is 0 Å². The topological polar surface area (TPSA) is 78.9 Å². The molecule has 0 unspecified atom stereocenters. The summed E-state index contributed by atoms with van der Waals surface area (Å²) < 4.78 is 5.16. The summed E-state index contributed by atoms with van der Waals surface area (Å²) in [7, 11) is 1.52. The van der Waals surface area contributed by atoms with Crippen molar-refractivity contribution < 1.29 is 19.4 Å². The molecule has 0 spiro atoms. The van der Waals surface area contributed by atoms with Gasteiger partial charge in [0.05, 0.1) is 12.1 Å². The van der Waals surface area contributed by atoms with E-state index in [9.17, 15) is 14.7 Å². The molecule has 0 heterocycles. The summed E-state index contributed by atoms with van der Waals surface area (Å²) in [4.78, 5) is 25.1. The molecule has 2 rings (SSSR count). The van der Waals surface area contributed by atoms with Gasteiger partial charge < -0.3 is 20.1 Å². The van der Waals surface area contributed by atoms with Crippen molar-refractivity contribution in [3.8, 4) is 0 Å². The van der Waals surface area contributed by atoms with Gasteiger partial charge in [-0.3, -0.25) is 4.79 Å². The summed E-state index contributed by atoms with van der Waals surface area (Å²) in [6, 6.07) is 9.15. The van der Waals surface area contributed by atoms with Gasteiger partial charge in [-0.2, -0.15) is 0 Å². The number of nitrogens with one attached hydrogen (secondary N) is 1. The minimum Gasteiger partial charge on any atom is -0.445 e. The SMILES string of the molecule is CN(CC(=O)N[C@@H]1CCCC[C@H]1O)C(=O)OCc1ccccc1. The number of rotatable bonds is 5. The zero-order valence-corrected chi connectivity index (χ0v) is 13.4. The van der Waals surface area contributed by atoms with Gasteiger partial charge in [0.2, 0.25) is 5.91 Å². The number of amides is 2. The Bertz CT molecular complexity index is 521. The van der Waals surface area contributed by atoms with Gasteiger partial charge in [-0.05, 0) is 18.4 Å². The molecule has 1 aliphatic rings. The van der Waals surface area contributed by atoms with Gasteiger partial charge in [0.25, 0.3) is 0 Å². The first-order valence-corrected chi connectivity index (χ1v) is 7.95. The summed E-state index contributed by atoms with van der Waals surface area (Å²) in [5.74, 6) is -0.282. The lowest BCUT2D eigenvalue weighted by Crippen LogP contribution is -2.48. The molecular weight excluding hydrogens is 296 g/mol. The van der Waals surface area contributed by atoms with Gasteiger partial charge >= 0.3 is 6.09 Å². The molecule has 2 amide bonds. The first kappa shape index (κ1) is 17.3. The summed E-state index contributed by atoms with van der Waals surface area (Å²) in [5, 5.41) is 12.6. The predicted molar refractivity (Wildman–Crippen MR) is 85.7 cm³/mol. The van der Waals surface area contributed by atoms with Crippen LogP contribution in [0.2, 0.25) is 0 Å². The van der Waals surface area contributed by atoms with E-state index in [1.165, 1.54) is 11.9 Å². The Kier molecular flexibility index (Phi) is 6.40. The van der Waals surface area contributed by atoms with Crippen LogP contribution in [0.5, 0.6) is 0 Å². The minimum absolute atomic E-state index is 0.0865. The van der Waals surface area contributed by atoms with Gasteiger partial charge in [-0.15, -0.1) is 0 Å². The quantitative estimate of drug-likeness (QED) is 0.865. The zero-order chi connectivity index (χ0) is 16.7. The highest BCUT2D eigenvalue weighted by atomic mass is 16.6. The molecule has 1 aliphatic carbocycles. The van der Waals surface area contributed by atoms with Crippen molar-refractivity contribution in [3.05, 3.63) is 35.9 Å². The molecular formula is C17H24N2O4. The fourth-order valence-electron chi connectivity index (χ4n) is 2.64. The molecule has 1 saturated carbocycles. The summed E-state index contributed by atoms with van der Waals surface area (Å²) in [6.45, 7) is 0.0871. The van der Waals surface area contributed by atoms with E-state index in [4.69, 9.17) is 4.74 Å². The Labute approximate surface area is 136 Å². The number of likely N-dealkylation sites (N-methyl/N-ethyl adjacent to an activating group) is 1. The summed E-state index contributed by atoms with van der Waals surface area (Å²) in [6.07, 6.45) is 2.42. The standard InChI is InChI=1S/C17H24N2O4/c1-19(17(22)23-12-13-7-3-2-4-8-13)11-16(21)18-14-9-5-6-10-15(14)20/h2-4,7-8,14-15,20H,5-6,9-12H2,1H3,(H,18,21)/t14-,15-/m1/s1. The van der Waals surface area contributed by atoms with Crippen molar-refractivity contribution >= 4 is 12.0 Å². The predicted octanol–water partition coefficient (Wildman–Crippen LogP) is 1.67. The van der Waals surface area contributed by atoms with Gasteiger partial charge in [0.1, 0.15) is 13.2 Å². The maximum absolute atomic E-state index is 12.0. The highest BCUT2D eigenvalue weighted by Gasteiger charge is 2.25. The van der Waals surface area contributed by atoms with Crippen LogP contribution in [-0.4, -0.2) is 47.7 Å². The number of aliphatic hydroxyl groups is 1. The largest absolute Gasteiger partial charge is 0.445 e. The highest BCUT2D eigenvalue weighted by Crippen LogP contribution is 2.18. The molecule has 0 radical (unpaired) electrons. The maximum atomic E-state index is 12.0. The van der Waals surface area contributed by atoms with E-state index in [-0.39, 0.29) is 25.1 Å². The molecule has 1 aromatic carbocycles. The first-order chi connectivity index (χ1) is 11.1. The lowest BCUT2D eigenvalue weighted by atomic mass is 9.92. The van der Waals surface area contributed by atoms with Crippen molar-refractivity contribution in [2.45, 2.75) is 44.4 Å². The van der Waals surface area contributed by atoms with Gasteiger partial charge in [0.15, 0.2) is 0 Å². The fourth-order valence-corrected chi connectivity index (χ4v) is 2.64. The van der Waals surface area contributed by atoms with Crippen LogP contribution in [0.1, 0.15) is 31.2 Å². The van der Waals surface area contributed by atoms with E-state index in [0.717, 1.165) is 24.8 Å². The Balaban J connectivity index is 1.73.